The molecule has 1 fully saturated rings. The quantitative estimate of drug-likeness (QED) is 0.883. The first-order valence-electron chi connectivity index (χ1n) is 4.62. The Morgan fingerprint density at radius 2 is 2.53 bits per heavy atom. The minimum absolute atomic E-state index is 0.344. The van der Waals surface area contributed by atoms with Crippen molar-refractivity contribution in [3.63, 3.8) is 0 Å². The van der Waals surface area contributed by atoms with Crippen LogP contribution in [0.4, 0.5) is 0 Å². The van der Waals surface area contributed by atoms with Gasteiger partial charge in [-0.2, -0.15) is 0 Å². The maximum absolute atomic E-state index is 10.8. The Morgan fingerprint density at radius 1 is 1.73 bits per heavy atom. The van der Waals surface area contributed by atoms with Crippen molar-refractivity contribution >= 4 is 29.1 Å². The largest absolute Gasteiger partial charge is 0.477 e. The van der Waals surface area contributed by atoms with Gasteiger partial charge in [0, 0.05) is 11.9 Å². The van der Waals surface area contributed by atoms with Crippen molar-refractivity contribution in [2.75, 3.05) is 13.2 Å². The van der Waals surface area contributed by atoms with Gasteiger partial charge in [0.2, 0.25) is 0 Å². The molecule has 6 heteroatoms. The molecule has 0 aliphatic carbocycles. The van der Waals surface area contributed by atoms with Gasteiger partial charge in [-0.3, -0.25) is 0 Å². The number of nitrogens with zero attached hydrogens (tertiary/aromatic N) is 1. The van der Waals surface area contributed by atoms with E-state index < -0.39 is 5.97 Å². The Hall–Kier alpha value is -0.590. The van der Waals surface area contributed by atoms with Gasteiger partial charge in [0.25, 0.3) is 0 Å². The molecular formula is C9H11NO3S2. The Bertz CT molecular complexity index is 371. The SMILES string of the molecule is Cc1nc(SC2CCOC2)sc1C(=O)O. The lowest BCUT2D eigenvalue weighted by molar-refractivity contribution is 0.0701. The molecule has 0 saturated carbocycles. The topological polar surface area (TPSA) is 59.4 Å². The van der Waals surface area contributed by atoms with Crippen LogP contribution in [0.5, 0.6) is 0 Å². The molecule has 0 aromatic carbocycles. The van der Waals surface area contributed by atoms with E-state index >= 15 is 0 Å². The molecule has 1 aromatic rings. The predicted molar refractivity (Wildman–Crippen MR) is 58.9 cm³/mol. The number of hydrogen-bond acceptors (Lipinski definition) is 5. The number of aromatic carboxylic acids is 1. The van der Waals surface area contributed by atoms with E-state index in [1.54, 1.807) is 18.7 Å². The highest BCUT2D eigenvalue weighted by Gasteiger charge is 2.21. The summed E-state index contributed by atoms with van der Waals surface area (Å²) in [6.07, 6.45) is 1.02. The highest BCUT2D eigenvalue weighted by atomic mass is 32.2. The standard InChI is InChI=1S/C9H11NO3S2/c1-5-7(8(11)12)15-9(10-5)14-6-2-3-13-4-6/h6H,2-4H2,1H3,(H,11,12). The average Bonchev–Trinajstić information content (AvgIpc) is 2.75. The number of thioether (sulfide) groups is 1. The summed E-state index contributed by atoms with van der Waals surface area (Å²) in [6, 6.07) is 0. The summed E-state index contributed by atoms with van der Waals surface area (Å²) in [5, 5.41) is 9.30. The monoisotopic (exact) mass is 245 g/mol. The van der Waals surface area contributed by atoms with Crippen molar-refractivity contribution in [1.29, 1.82) is 0 Å². The lowest BCUT2D eigenvalue weighted by atomic mass is 10.4. The van der Waals surface area contributed by atoms with Crippen LogP contribution in [0.25, 0.3) is 0 Å². The van der Waals surface area contributed by atoms with Crippen molar-refractivity contribution < 1.29 is 14.6 Å². The van der Waals surface area contributed by atoms with Crippen molar-refractivity contribution in [2.24, 2.45) is 0 Å². The summed E-state index contributed by atoms with van der Waals surface area (Å²) in [4.78, 5) is 15.4. The van der Waals surface area contributed by atoms with E-state index in [0.29, 0.717) is 15.8 Å². The third kappa shape index (κ3) is 2.50. The lowest BCUT2D eigenvalue weighted by Gasteiger charge is -2.01. The first kappa shape index (κ1) is 10.9. The summed E-state index contributed by atoms with van der Waals surface area (Å²) in [5.41, 5.74) is 0.605. The number of carboxylic acid groups (broad SMARTS) is 1. The van der Waals surface area contributed by atoms with Gasteiger partial charge in [-0.1, -0.05) is 11.8 Å². The Labute approximate surface area is 95.7 Å². The van der Waals surface area contributed by atoms with Crippen LogP contribution in [0.3, 0.4) is 0 Å². The third-order valence-corrected chi connectivity index (χ3v) is 4.60. The summed E-state index contributed by atoms with van der Waals surface area (Å²) in [6.45, 7) is 3.27. The first-order chi connectivity index (χ1) is 7.16. The molecule has 0 spiro atoms. The molecule has 1 atom stereocenters. The number of thiazole rings is 1. The van der Waals surface area contributed by atoms with Crippen molar-refractivity contribution in [1.82, 2.24) is 4.98 Å². The summed E-state index contributed by atoms with van der Waals surface area (Å²) >= 11 is 2.87. The number of aromatic nitrogens is 1. The summed E-state index contributed by atoms with van der Waals surface area (Å²) < 4.78 is 6.09. The zero-order valence-corrected chi connectivity index (χ0v) is 9.86. The van der Waals surface area contributed by atoms with Gasteiger partial charge in [0.05, 0.1) is 12.3 Å². The first-order valence-corrected chi connectivity index (χ1v) is 6.31. The molecule has 82 valence electrons. The zero-order chi connectivity index (χ0) is 10.8. The van der Waals surface area contributed by atoms with Crippen LogP contribution >= 0.6 is 23.1 Å². The lowest BCUT2D eigenvalue weighted by Crippen LogP contribution is -1.99. The molecule has 15 heavy (non-hydrogen) atoms. The Kier molecular flexibility index (Phi) is 3.28. The van der Waals surface area contributed by atoms with Crippen molar-refractivity contribution in [2.45, 2.75) is 22.9 Å². The molecule has 2 rings (SSSR count). The number of aryl methyl sites for hydroxylation is 1. The Balaban J connectivity index is 2.08. The minimum atomic E-state index is -0.889. The number of ether oxygens (including phenoxy) is 1. The van der Waals surface area contributed by atoms with E-state index in [1.165, 1.54) is 11.3 Å². The predicted octanol–water partition coefficient (Wildman–Crippen LogP) is 2.03. The van der Waals surface area contributed by atoms with Crippen LogP contribution in [-0.4, -0.2) is 34.5 Å². The highest BCUT2D eigenvalue weighted by molar-refractivity contribution is 8.01. The minimum Gasteiger partial charge on any atom is -0.477 e. The summed E-state index contributed by atoms with van der Waals surface area (Å²) in [7, 11) is 0. The van der Waals surface area contributed by atoms with E-state index in [1.807, 2.05) is 0 Å². The molecule has 2 heterocycles. The van der Waals surface area contributed by atoms with E-state index in [2.05, 4.69) is 4.98 Å². The van der Waals surface area contributed by atoms with E-state index in [9.17, 15) is 4.79 Å². The molecule has 0 radical (unpaired) electrons. The molecule has 0 amide bonds. The van der Waals surface area contributed by atoms with Crippen LogP contribution in [0.15, 0.2) is 4.34 Å². The van der Waals surface area contributed by atoms with Crippen LogP contribution in [0.2, 0.25) is 0 Å². The van der Waals surface area contributed by atoms with Crippen LogP contribution in [-0.2, 0) is 4.74 Å². The number of hydrogen-bond donors (Lipinski definition) is 1. The van der Waals surface area contributed by atoms with Crippen LogP contribution in [0.1, 0.15) is 21.8 Å². The van der Waals surface area contributed by atoms with E-state index in [0.717, 1.165) is 24.0 Å². The second-order valence-electron chi connectivity index (χ2n) is 3.30. The van der Waals surface area contributed by atoms with Gasteiger partial charge >= 0.3 is 5.97 Å². The number of carbonyl (C=O) groups is 1. The highest BCUT2D eigenvalue weighted by Crippen LogP contribution is 2.33. The molecule has 1 unspecified atom stereocenters. The maximum atomic E-state index is 10.8. The molecule has 1 saturated heterocycles. The molecule has 1 aromatic heterocycles. The molecule has 0 bridgehead atoms. The second kappa shape index (κ2) is 4.51. The fraction of sp³-hybridized carbons (Fsp3) is 0.556. The Morgan fingerprint density at radius 3 is 3.07 bits per heavy atom. The summed E-state index contributed by atoms with van der Waals surface area (Å²) in [5.74, 6) is -0.889. The van der Waals surface area contributed by atoms with Crippen LogP contribution < -0.4 is 0 Å². The van der Waals surface area contributed by atoms with Gasteiger partial charge in [0.15, 0.2) is 4.34 Å². The number of carboxylic acids is 1. The fourth-order valence-corrected chi connectivity index (χ4v) is 3.71. The zero-order valence-electron chi connectivity index (χ0n) is 8.23. The number of rotatable bonds is 3. The third-order valence-electron chi connectivity index (χ3n) is 2.13. The second-order valence-corrected chi connectivity index (χ2v) is 5.85. The molecule has 1 aliphatic rings. The molecule has 1 N–H and O–H groups in total. The van der Waals surface area contributed by atoms with Gasteiger partial charge in [-0.15, -0.1) is 11.3 Å². The smallest absolute Gasteiger partial charge is 0.347 e. The van der Waals surface area contributed by atoms with Gasteiger partial charge in [-0.25, -0.2) is 9.78 Å². The van der Waals surface area contributed by atoms with Gasteiger partial charge < -0.3 is 9.84 Å². The van der Waals surface area contributed by atoms with Crippen LogP contribution in [0, 0.1) is 6.92 Å². The molecule has 1 aliphatic heterocycles. The normalized spacial score (nSPS) is 20.7. The van der Waals surface area contributed by atoms with E-state index in [-0.39, 0.29) is 0 Å². The fourth-order valence-electron chi connectivity index (χ4n) is 1.37. The van der Waals surface area contributed by atoms with Crippen molar-refractivity contribution in [3.8, 4) is 0 Å². The van der Waals surface area contributed by atoms with Gasteiger partial charge in [0.1, 0.15) is 4.88 Å². The van der Waals surface area contributed by atoms with E-state index in [4.69, 9.17) is 9.84 Å². The van der Waals surface area contributed by atoms with Gasteiger partial charge in [-0.05, 0) is 13.3 Å². The van der Waals surface area contributed by atoms with Crippen molar-refractivity contribution in [3.05, 3.63) is 10.6 Å². The molecule has 4 nitrogen and oxygen atoms in total. The maximum Gasteiger partial charge on any atom is 0.347 e. The molecular weight excluding hydrogens is 234 g/mol. The average molecular weight is 245 g/mol.